The molecule has 0 aliphatic carbocycles. The number of fused-ring (bicyclic) bond motifs is 2. The van der Waals surface area contributed by atoms with E-state index in [9.17, 15) is 14.7 Å². The van der Waals surface area contributed by atoms with Crippen molar-refractivity contribution in [2.24, 2.45) is 0 Å². The summed E-state index contributed by atoms with van der Waals surface area (Å²) in [4.78, 5) is 35.7. The zero-order chi connectivity index (χ0) is 25.0. The predicted molar refractivity (Wildman–Crippen MR) is 130 cm³/mol. The first-order valence-electron chi connectivity index (χ1n) is 11.3. The Morgan fingerprint density at radius 1 is 1.08 bits per heavy atom. The van der Waals surface area contributed by atoms with Gasteiger partial charge in [0, 0.05) is 23.4 Å². The second-order valence-electron chi connectivity index (χ2n) is 8.74. The number of carboxylic acids is 1. The molecule has 0 spiro atoms. The lowest BCUT2D eigenvalue weighted by atomic mass is 10.0. The van der Waals surface area contributed by atoms with Gasteiger partial charge >= 0.3 is 5.97 Å². The van der Waals surface area contributed by atoms with Crippen LogP contribution < -0.4 is 4.90 Å². The minimum Gasteiger partial charge on any atom is -0.477 e. The largest absolute Gasteiger partial charge is 0.477 e. The Labute approximate surface area is 204 Å². The highest BCUT2D eigenvalue weighted by Crippen LogP contribution is 2.32. The molecule has 1 aliphatic rings. The van der Waals surface area contributed by atoms with Crippen molar-refractivity contribution >= 4 is 23.3 Å². The number of hydrogen-bond donors (Lipinski definition) is 1. The topological polar surface area (TPSA) is 131 Å². The minimum atomic E-state index is -1.10. The molecule has 1 N–H and O–H groups in total. The number of hydrogen-bond acceptors (Lipinski definition) is 7. The molecule has 1 amide bonds. The predicted octanol–water partition coefficient (Wildman–Crippen LogP) is 3.49. The average Bonchev–Trinajstić information content (AvgIpc) is 3.61. The number of benzene rings is 1. The molecule has 11 nitrogen and oxygen atoms in total. The number of amides is 1. The third kappa shape index (κ3) is 3.40. The van der Waals surface area contributed by atoms with Crippen molar-refractivity contribution in [1.29, 1.82) is 0 Å². The maximum atomic E-state index is 13.4. The number of carboxylic acid groups (broad SMARTS) is 1. The molecule has 36 heavy (non-hydrogen) atoms. The number of nitrogens with zero attached hydrogens (tertiary/aromatic N) is 8. The molecule has 4 aromatic heterocycles. The quantitative estimate of drug-likeness (QED) is 0.404. The number of pyridine rings is 1. The molecule has 5 aromatic rings. The smallest absolute Gasteiger partial charge is 0.341 e. The van der Waals surface area contributed by atoms with Gasteiger partial charge < -0.3 is 9.67 Å². The Balaban J connectivity index is 1.34. The zero-order valence-electron chi connectivity index (χ0n) is 19.4. The molecule has 0 radical (unpaired) electrons. The fourth-order valence-electron chi connectivity index (χ4n) is 4.33. The molecule has 6 rings (SSSR count). The lowest BCUT2D eigenvalue weighted by molar-refractivity contribution is 0.0698. The van der Waals surface area contributed by atoms with Crippen molar-refractivity contribution in [1.82, 2.24) is 34.3 Å². The summed E-state index contributed by atoms with van der Waals surface area (Å²) in [6.45, 7) is 4.47. The van der Waals surface area contributed by atoms with Crippen molar-refractivity contribution in [2.75, 3.05) is 4.90 Å². The van der Waals surface area contributed by atoms with E-state index in [2.05, 4.69) is 20.3 Å². The molecule has 0 fully saturated rings. The van der Waals surface area contributed by atoms with Gasteiger partial charge in [-0.25, -0.2) is 19.3 Å². The first kappa shape index (κ1) is 21.6. The summed E-state index contributed by atoms with van der Waals surface area (Å²) in [6.07, 6.45) is 4.58. The number of rotatable bonds is 5. The van der Waals surface area contributed by atoms with Crippen molar-refractivity contribution in [3.8, 4) is 22.8 Å². The Hall–Kier alpha value is -4.93. The van der Waals surface area contributed by atoms with Crippen molar-refractivity contribution in [3.63, 3.8) is 0 Å². The van der Waals surface area contributed by atoms with E-state index >= 15 is 0 Å². The van der Waals surface area contributed by atoms with Crippen LogP contribution in [0, 0.1) is 0 Å². The van der Waals surface area contributed by atoms with Crippen LogP contribution in [-0.2, 0) is 6.54 Å². The summed E-state index contributed by atoms with van der Waals surface area (Å²) < 4.78 is 3.34. The second kappa shape index (κ2) is 8.08. The normalized spacial score (nSPS) is 13.1. The Bertz CT molecular complexity index is 1670. The van der Waals surface area contributed by atoms with Crippen molar-refractivity contribution in [2.45, 2.75) is 26.4 Å². The second-order valence-corrected chi connectivity index (χ2v) is 8.74. The highest BCUT2D eigenvalue weighted by Gasteiger charge is 2.30. The molecule has 11 heteroatoms. The molecular weight excluding hydrogens is 460 g/mol. The van der Waals surface area contributed by atoms with Gasteiger partial charge in [0.05, 0.1) is 18.4 Å². The maximum Gasteiger partial charge on any atom is 0.341 e. The summed E-state index contributed by atoms with van der Waals surface area (Å²) >= 11 is 0. The first-order chi connectivity index (χ1) is 17.4. The van der Waals surface area contributed by atoms with Crippen molar-refractivity contribution in [3.05, 3.63) is 77.9 Å². The monoisotopic (exact) mass is 480 g/mol. The maximum absolute atomic E-state index is 13.4. The average molecular weight is 480 g/mol. The van der Waals surface area contributed by atoms with Crippen LogP contribution in [0.15, 0.2) is 61.2 Å². The highest BCUT2D eigenvalue weighted by molar-refractivity contribution is 6.10. The summed E-state index contributed by atoms with van der Waals surface area (Å²) in [7, 11) is 0. The molecular formula is C25H20N8O3. The van der Waals surface area contributed by atoms with Gasteiger partial charge in [0.2, 0.25) is 0 Å². The lowest BCUT2D eigenvalue weighted by Gasteiger charge is -2.16. The number of anilines is 1. The van der Waals surface area contributed by atoms with Gasteiger partial charge in [-0.1, -0.05) is 18.2 Å². The summed E-state index contributed by atoms with van der Waals surface area (Å²) in [5.41, 5.74) is 3.57. The fourth-order valence-corrected chi connectivity index (χ4v) is 4.33. The van der Waals surface area contributed by atoms with E-state index in [0.717, 1.165) is 5.56 Å². The third-order valence-electron chi connectivity index (χ3n) is 6.18. The molecule has 0 unspecified atom stereocenters. The van der Waals surface area contributed by atoms with Crippen LogP contribution >= 0.6 is 0 Å². The Morgan fingerprint density at radius 3 is 2.75 bits per heavy atom. The van der Waals surface area contributed by atoms with Crippen LogP contribution in [0.5, 0.6) is 0 Å². The molecule has 1 aromatic carbocycles. The molecule has 5 heterocycles. The molecule has 0 saturated heterocycles. The van der Waals surface area contributed by atoms with Gasteiger partial charge in [-0.3, -0.25) is 9.69 Å². The van der Waals surface area contributed by atoms with Gasteiger partial charge in [-0.2, -0.15) is 5.10 Å². The van der Waals surface area contributed by atoms with Gasteiger partial charge in [0.25, 0.3) is 5.91 Å². The van der Waals surface area contributed by atoms with E-state index in [1.807, 2.05) is 42.7 Å². The Kier molecular flexibility index (Phi) is 4.85. The molecule has 0 saturated carbocycles. The first-order valence-corrected chi connectivity index (χ1v) is 11.3. The zero-order valence-corrected chi connectivity index (χ0v) is 19.4. The van der Waals surface area contributed by atoms with Crippen LogP contribution in [0.3, 0.4) is 0 Å². The van der Waals surface area contributed by atoms with E-state index in [1.54, 1.807) is 35.6 Å². The number of aromatic nitrogens is 7. The lowest BCUT2D eigenvalue weighted by Crippen LogP contribution is -2.24. The van der Waals surface area contributed by atoms with Crippen LogP contribution in [-0.4, -0.2) is 51.3 Å². The SMILES string of the molecule is CC(C)n1cnnc1-c1cccc(N2Cc3ccc(-c4ccn5ncc(C(=O)O)c5n4)cc3C2=O)n1. The number of aromatic carboxylic acids is 1. The molecule has 1 aliphatic heterocycles. The van der Waals surface area contributed by atoms with Crippen LogP contribution in [0.25, 0.3) is 28.4 Å². The molecule has 0 bridgehead atoms. The van der Waals surface area contributed by atoms with E-state index in [4.69, 9.17) is 4.98 Å². The highest BCUT2D eigenvalue weighted by atomic mass is 16.4. The van der Waals surface area contributed by atoms with E-state index in [-0.39, 0.29) is 23.2 Å². The van der Waals surface area contributed by atoms with Gasteiger partial charge in [-0.05, 0) is 43.7 Å². The van der Waals surface area contributed by atoms with Crippen LogP contribution in [0.1, 0.15) is 46.2 Å². The summed E-state index contributed by atoms with van der Waals surface area (Å²) in [6, 6.07) is 13.0. The van der Waals surface area contributed by atoms with Crippen LogP contribution in [0.4, 0.5) is 5.82 Å². The van der Waals surface area contributed by atoms with E-state index in [0.29, 0.717) is 40.7 Å². The standard InChI is InChI=1S/C25H20N8O3/c1-14(2)32-13-26-30-23(32)20-4-3-5-21(28-20)31-12-16-7-6-15(10-17(16)24(31)34)19-8-9-33-22(29-19)18(11-27-33)25(35)36/h3-11,13-14H,12H2,1-2H3,(H,35,36). The van der Waals surface area contributed by atoms with Gasteiger partial charge in [0.15, 0.2) is 11.5 Å². The summed E-state index contributed by atoms with van der Waals surface area (Å²) in [5, 5.41) is 21.6. The Morgan fingerprint density at radius 2 is 1.94 bits per heavy atom. The van der Waals surface area contributed by atoms with Gasteiger partial charge in [0.1, 0.15) is 23.4 Å². The van der Waals surface area contributed by atoms with Gasteiger partial charge in [-0.15, -0.1) is 10.2 Å². The van der Waals surface area contributed by atoms with E-state index in [1.165, 1.54) is 10.7 Å². The van der Waals surface area contributed by atoms with Crippen LogP contribution in [0.2, 0.25) is 0 Å². The minimum absolute atomic E-state index is 0.0134. The molecule has 178 valence electrons. The number of carbonyl (C=O) groups excluding carboxylic acids is 1. The third-order valence-corrected chi connectivity index (χ3v) is 6.18. The van der Waals surface area contributed by atoms with Crippen molar-refractivity contribution < 1.29 is 14.7 Å². The number of carbonyl (C=O) groups is 2. The summed E-state index contributed by atoms with van der Waals surface area (Å²) in [5.74, 6) is -0.104. The fraction of sp³-hybridized carbons (Fsp3) is 0.160. The molecule has 0 atom stereocenters. The van der Waals surface area contributed by atoms with E-state index < -0.39 is 5.97 Å².